The van der Waals surface area contributed by atoms with Gasteiger partial charge in [-0.25, -0.2) is 9.78 Å². The van der Waals surface area contributed by atoms with Crippen molar-refractivity contribution in [3.8, 4) is 0 Å². The number of hydrogen-bond donors (Lipinski definition) is 2. The highest BCUT2D eigenvalue weighted by atomic mass is 32.1. The first-order chi connectivity index (χ1) is 12.6. The van der Waals surface area contributed by atoms with Gasteiger partial charge in [0.15, 0.2) is 5.69 Å². The van der Waals surface area contributed by atoms with Crippen LogP contribution >= 0.6 is 11.3 Å². The second kappa shape index (κ2) is 6.92. The van der Waals surface area contributed by atoms with Crippen molar-refractivity contribution in [1.29, 1.82) is 0 Å². The number of amides is 1. The zero-order valence-corrected chi connectivity index (χ0v) is 15.0. The summed E-state index contributed by atoms with van der Waals surface area (Å²) >= 11 is 1.40. The molecule has 0 saturated carbocycles. The van der Waals surface area contributed by atoms with Gasteiger partial charge in [-0.1, -0.05) is 18.2 Å². The summed E-state index contributed by atoms with van der Waals surface area (Å²) in [5.74, 6) is -0.609. The zero-order valence-electron chi connectivity index (χ0n) is 14.1. The highest BCUT2D eigenvalue weighted by Crippen LogP contribution is 2.30. The topological polar surface area (TPSA) is 86.3 Å². The zero-order chi connectivity index (χ0) is 18.1. The predicted octanol–water partition coefficient (Wildman–Crippen LogP) is 3.27. The van der Waals surface area contributed by atoms with E-state index in [2.05, 4.69) is 9.97 Å². The number of aromatic amines is 1. The van der Waals surface area contributed by atoms with Crippen LogP contribution in [0.3, 0.4) is 0 Å². The Morgan fingerprint density at radius 1 is 1.27 bits per heavy atom. The van der Waals surface area contributed by atoms with Crippen LogP contribution in [0.2, 0.25) is 0 Å². The predicted molar refractivity (Wildman–Crippen MR) is 99.6 cm³/mol. The summed E-state index contributed by atoms with van der Waals surface area (Å²) in [6.45, 7) is 1.38. The number of carboxylic acid groups (broad SMARTS) is 1. The molecule has 2 N–H and O–H groups in total. The molecule has 0 bridgehead atoms. The third-order valence-corrected chi connectivity index (χ3v) is 5.96. The van der Waals surface area contributed by atoms with Gasteiger partial charge in [-0.05, 0) is 24.5 Å². The number of carboxylic acids is 1. The SMILES string of the molecule is O=C(O)c1csc(C2CCN(C(=O)Cc3c[nH]c4ccccc34)CC2)n1. The molecule has 0 spiro atoms. The number of likely N-dealkylation sites (tertiary alicyclic amines) is 1. The first-order valence-electron chi connectivity index (χ1n) is 8.63. The number of thiazole rings is 1. The Morgan fingerprint density at radius 2 is 2.04 bits per heavy atom. The minimum Gasteiger partial charge on any atom is -0.476 e. The van der Waals surface area contributed by atoms with E-state index in [4.69, 9.17) is 5.11 Å². The number of aromatic carboxylic acids is 1. The van der Waals surface area contributed by atoms with Crippen LogP contribution < -0.4 is 0 Å². The van der Waals surface area contributed by atoms with E-state index < -0.39 is 5.97 Å². The van der Waals surface area contributed by atoms with Crippen molar-refractivity contribution in [2.24, 2.45) is 0 Å². The van der Waals surface area contributed by atoms with Gasteiger partial charge >= 0.3 is 5.97 Å². The lowest BCUT2D eigenvalue weighted by molar-refractivity contribution is -0.131. The van der Waals surface area contributed by atoms with Crippen molar-refractivity contribution >= 4 is 34.1 Å². The van der Waals surface area contributed by atoms with Crippen LogP contribution in [0.5, 0.6) is 0 Å². The normalized spacial score (nSPS) is 15.5. The number of benzene rings is 1. The molecule has 1 fully saturated rings. The van der Waals surface area contributed by atoms with E-state index in [1.807, 2.05) is 35.4 Å². The van der Waals surface area contributed by atoms with Crippen LogP contribution in [0.4, 0.5) is 0 Å². The van der Waals surface area contributed by atoms with Crippen LogP contribution in [0.25, 0.3) is 10.9 Å². The number of hydrogen-bond acceptors (Lipinski definition) is 4. The van der Waals surface area contributed by atoms with Crippen molar-refractivity contribution in [2.75, 3.05) is 13.1 Å². The second-order valence-electron chi connectivity index (χ2n) is 6.57. The lowest BCUT2D eigenvalue weighted by Gasteiger charge is -2.31. The molecule has 1 aliphatic heterocycles. The van der Waals surface area contributed by atoms with Crippen molar-refractivity contribution in [1.82, 2.24) is 14.9 Å². The van der Waals surface area contributed by atoms with Gasteiger partial charge in [0.25, 0.3) is 0 Å². The minimum absolute atomic E-state index is 0.114. The number of carbonyl (C=O) groups excluding carboxylic acids is 1. The van der Waals surface area contributed by atoms with Crippen molar-refractivity contribution in [2.45, 2.75) is 25.2 Å². The van der Waals surface area contributed by atoms with Gasteiger partial charge in [0.2, 0.25) is 5.91 Å². The smallest absolute Gasteiger partial charge is 0.355 e. The molecule has 0 atom stereocenters. The van der Waals surface area contributed by atoms with E-state index in [-0.39, 0.29) is 17.5 Å². The maximum Gasteiger partial charge on any atom is 0.355 e. The summed E-state index contributed by atoms with van der Waals surface area (Å²) < 4.78 is 0. The summed E-state index contributed by atoms with van der Waals surface area (Å²) in [6, 6.07) is 8.00. The summed E-state index contributed by atoms with van der Waals surface area (Å²) in [5, 5.41) is 12.6. The highest BCUT2D eigenvalue weighted by Gasteiger charge is 2.26. The van der Waals surface area contributed by atoms with E-state index in [0.29, 0.717) is 19.5 Å². The van der Waals surface area contributed by atoms with E-state index in [1.54, 1.807) is 5.38 Å². The molecule has 0 unspecified atom stereocenters. The van der Waals surface area contributed by atoms with Crippen LogP contribution in [-0.4, -0.2) is 44.9 Å². The van der Waals surface area contributed by atoms with Gasteiger partial charge in [0.05, 0.1) is 11.4 Å². The fourth-order valence-corrected chi connectivity index (χ4v) is 4.47. The van der Waals surface area contributed by atoms with Gasteiger partial charge in [0.1, 0.15) is 0 Å². The molecule has 4 rings (SSSR count). The summed E-state index contributed by atoms with van der Waals surface area (Å²) in [6.07, 6.45) is 3.96. The fraction of sp³-hybridized carbons (Fsp3) is 0.316. The van der Waals surface area contributed by atoms with E-state index in [9.17, 15) is 9.59 Å². The number of nitrogens with one attached hydrogen (secondary N) is 1. The second-order valence-corrected chi connectivity index (χ2v) is 7.46. The molecule has 134 valence electrons. The Morgan fingerprint density at radius 3 is 2.77 bits per heavy atom. The number of H-pyrrole nitrogens is 1. The molecular formula is C19H19N3O3S. The van der Waals surface area contributed by atoms with Crippen LogP contribution in [0.15, 0.2) is 35.8 Å². The van der Waals surface area contributed by atoms with Gasteiger partial charge < -0.3 is 15.0 Å². The average molecular weight is 369 g/mol. The molecule has 2 aromatic heterocycles. The summed E-state index contributed by atoms with van der Waals surface area (Å²) in [4.78, 5) is 33.0. The maximum absolute atomic E-state index is 12.7. The quantitative estimate of drug-likeness (QED) is 0.739. The average Bonchev–Trinajstić information content (AvgIpc) is 3.30. The molecule has 0 radical (unpaired) electrons. The molecule has 3 heterocycles. The lowest BCUT2D eigenvalue weighted by Crippen LogP contribution is -2.38. The Kier molecular flexibility index (Phi) is 4.46. The maximum atomic E-state index is 12.7. The van der Waals surface area contributed by atoms with E-state index >= 15 is 0 Å². The number of carbonyl (C=O) groups is 2. The molecule has 0 aliphatic carbocycles. The molecule has 1 aliphatic rings. The molecule has 3 aromatic rings. The minimum atomic E-state index is -0.987. The van der Waals surface area contributed by atoms with E-state index in [0.717, 1.165) is 34.3 Å². The summed E-state index contributed by atoms with van der Waals surface area (Å²) in [5.41, 5.74) is 2.19. The van der Waals surface area contributed by atoms with Crippen molar-refractivity contribution in [3.05, 3.63) is 52.1 Å². The van der Waals surface area contributed by atoms with Gasteiger partial charge in [-0.15, -0.1) is 11.3 Å². The largest absolute Gasteiger partial charge is 0.476 e. The molecule has 7 heteroatoms. The summed E-state index contributed by atoms with van der Waals surface area (Å²) in [7, 11) is 0. The number of piperidine rings is 1. The Bertz CT molecular complexity index is 954. The third kappa shape index (κ3) is 3.22. The number of nitrogens with zero attached hydrogens (tertiary/aromatic N) is 2. The van der Waals surface area contributed by atoms with Crippen molar-refractivity contribution < 1.29 is 14.7 Å². The number of rotatable bonds is 4. The van der Waals surface area contributed by atoms with Crippen molar-refractivity contribution in [3.63, 3.8) is 0 Å². The molecule has 26 heavy (non-hydrogen) atoms. The van der Waals surface area contributed by atoms with E-state index in [1.165, 1.54) is 11.3 Å². The monoisotopic (exact) mass is 369 g/mol. The molecular weight excluding hydrogens is 350 g/mol. The van der Waals surface area contributed by atoms with Gasteiger partial charge in [-0.3, -0.25) is 4.79 Å². The highest BCUT2D eigenvalue weighted by molar-refractivity contribution is 7.09. The van der Waals surface area contributed by atoms with Crippen LogP contribution in [0, 0.1) is 0 Å². The standard InChI is InChI=1S/C19H19N3O3S/c23-17(9-13-10-20-15-4-2-1-3-14(13)15)22-7-5-12(6-8-22)18-21-16(11-26-18)19(24)25/h1-4,10-12,20H,5-9H2,(H,24,25). The third-order valence-electron chi connectivity index (χ3n) is 4.95. The lowest BCUT2D eigenvalue weighted by atomic mass is 9.97. The van der Waals surface area contributed by atoms with Crippen LogP contribution in [-0.2, 0) is 11.2 Å². The Labute approximate surface area is 154 Å². The first kappa shape index (κ1) is 16.8. The number of para-hydroxylation sites is 1. The van der Waals surface area contributed by atoms with Gasteiger partial charge in [0, 0.05) is 41.5 Å². The number of fused-ring (bicyclic) bond motifs is 1. The van der Waals surface area contributed by atoms with Gasteiger partial charge in [-0.2, -0.15) is 0 Å². The Hall–Kier alpha value is -2.67. The Balaban J connectivity index is 1.38. The molecule has 1 aromatic carbocycles. The molecule has 1 amide bonds. The fourth-order valence-electron chi connectivity index (χ4n) is 3.50. The number of aromatic nitrogens is 2. The first-order valence-corrected chi connectivity index (χ1v) is 9.51. The molecule has 1 saturated heterocycles. The molecule has 6 nitrogen and oxygen atoms in total. The van der Waals surface area contributed by atoms with Crippen LogP contribution in [0.1, 0.15) is 39.8 Å².